The van der Waals surface area contributed by atoms with Crippen LogP contribution in [0.4, 0.5) is 18.0 Å². The van der Waals surface area contributed by atoms with Crippen LogP contribution in [0.5, 0.6) is 0 Å². The molecular formula is C27H29F3N6O8S. The van der Waals surface area contributed by atoms with Crippen molar-refractivity contribution in [2.75, 3.05) is 19.9 Å². The smallest absolute Gasteiger partial charge is 0.435 e. The fraction of sp³-hybridized carbons (Fsp3) is 0.370. The van der Waals surface area contributed by atoms with Gasteiger partial charge in [0.2, 0.25) is 5.28 Å². The second-order valence-corrected chi connectivity index (χ2v) is 11.9. The van der Waals surface area contributed by atoms with Crippen LogP contribution < -0.4 is 4.72 Å². The number of hydrogen-bond acceptors (Lipinski definition) is 10. The van der Waals surface area contributed by atoms with Crippen molar-refractivity contribution in [3.63, 3.8) is 0 Å². The number of nitrogens with zero attached hydrogens (tertiary/aromatic N) is 5. The van der Waals surface area contributed by atoms with Gasteiger partial charge in [-0.2, -0.15) is 18.3 Å². The van der Waals surface area contributed by atoms with Crippen LogP contribution in [0.1, 0.15) is 31.5 Å². The third-order valence-electron chi connectivity index (χ3n) is 6.45. The molecule has 1 aromatic heterocycles. The van der Waals surface area contributed by atoms with E-state index in [4.69, 9.17) is 9.47 Å². The molecule has 1 fully saturated rings. The van der Waals surface area contributed by atoms with Crippen molar-refractivity contribution in [3.05, 3.63) is 71.1 Å². The van der Waals surface area contributed by atoms with E-state index in [1.54, 1.807) is 42.8 Å². The van der Waals surface area contributed by atoms with Gasteiger partial charge in [-0.1, -0.05) is 43.7 Å². The Hall–Kier alpha value is -4.87. The average Bonchev–Trinajstić information content (AvgIpc) is 3.63. The lowest BCUT2D eigenvalue weighted by molar-refractivity contribution is -0.708. The third-order valence-corrected chi connectivity index (χ3v) is 7.78. The second-order valence-electron chi connectivity index (χ2n) is 10.2. The summed E-state index contributed by atoms with van der Waals surface area (Å²) in [5.41, 5.74) is 0.517. The summed E-state index contributed by atoms with van der Waals surface area (Å²) >= 11 is 0. The number of ether oxygens (including phenoxy) is 2. The van der Waals surface area contributed by atoms with Crippen molar-refractivity contribution in [1.82, 2.24) is 19.5 Å². The molecule has 1 atom stereocenters. The number of hydrazine groups is 1. The molecule has 0 radical (unpaired) electrons. The lowest BCUT2D eigenvalue weighted by Gasteiger charge is -2.14. The van der Waals surface area contributed by atoms with Crippen LogP contribution >= 0.6 is 0 Å². The normalized spacial score (nSPS) is 15.7. The Labute approximate surface area is 255 Å². The summed E-state index contributed by atoms with van der Waals surface area (Å²) in [7, 11) is -4.44. The minimum atomic E-state index is -4.72. The fourth-order valence-electron chi connectivity index (χ4n) is 4.09. The zero-order chi connectivity index (χ0) is 32.9. The third kappa shape index (κ3) is 8.40. The van der Waals surface area contributed by atoms with Crippen molar-refractivity contribution in [1.29, 1.82) is 0 Å². The Balaban J connectivity index is 1.38. The van der Waals surface area contributed by atoms with E-state index in [-0.39, 0.29) is 40.8 Å². The Morgan fingerprint density at radius 1 is 1.16 bits per heavy atom. The van der Waals surface area contributed by atoms with E-state index in [2.05, 4.69) is 15.2 Å². The van der Waals surface area contributed by atoms with Gasteiger partial charge in [-0.15, -0.1) is 5.01 Å². The van der Waals surface area contributed by atoms with Gasteiger partial charge < -0.3 is 19.5 Å². The number of rotatable bonds is 10. The van der Waals surface area contributed by atoms with Crippen molar-refractivity contribution in [2.24, 2.45) is 11.2 Å². The van der Waals surface area contributed by atoms with Crippen LogP contribution in [0.3, 0.4) is 0 Å². The van der Waals surface area contributed by atoms with Gasteiger partial charge in [0.15, 0.2) is 5.69 Å². The van der Waals surface area contributed by atoms with Gasteiger partial charge in [0.1, 0.15) is 12.6 Å². The number of hydrogen-bond donors (Lipinski definition) is 1. The number of benzene rings is 2. The molecule has 45 heavy (non-hydrogen) atoms. The number of esters is 1. The number of carbonyl (C=O) groups is 2. The summed E-state index contributed by atoms with van der Waals surface area (Å²) in [5, 5.41) is 20.1. The van der Waals surface area contributed by atoms with E-state index < -0.39 is 52.8 Å². The molecule has 1 aliphatic rings. The van der Waals surface area contributed by atoms with Gasteiger partial charge in [-0.3, -0.25) is 4.79 Å². The van der Waals surface area contributed by atoms with Gasteiger partial charge >= 0.3 is 18.2 Å². The number of nitrogens with one attached hydrogen (secondary N) is 1. The topological polar surface area (TPSA) is 167 Å². The number of carbonyl (C=O) groups excluding carboxylic acids is 2. The lowest BCUT2D eigenvalue weighted by atomic mass is 10.1. The molecule has 1 saturated heterocycles. The maximum atomic E-state index is 13.5. The summed E-state index contributed by atoms with van der Waals surface area (Å²) in [6.45, 7) is 4.46. The maximum Gasteiger partial charge on any atom is 0.435 e. The molecule has 242 valence electrons. The monoisotopic (exact) mass is 654 g/mol. The lowest BCUT2D eigenvalue weighted by Crippen LogP contribution is -2.36. The first-order valence-corrected chi connectivity index (χ1v) is 14.9. The highest BCUT2D eigenvalue weighted by molar-refractivity contribution is 7.90. The van der Waals surface area contributed by atoms with Crippen LogP contribution in [0.2, 0.25) is 0 Å². The summed E-state index contributed by atoms with van der Waals surface area (Å²) in [6.07, 6.45) is -6.71. The predicted octanol–water partition coefficient (Wildman–Crippen LogP) is 4.32. The number of amides is 1. The molecule has 1 amide bonds. The van der Waals surface area contributed by atoms with Gasteiger partial charge in [-0.05, 0) is 37.3 Å². The summed E-state index contributed by atoms with van der Waals surface area (Å²) in [6, 6.07) is 12.4. The van der Waals surface area contributed by atoms with Crippen molar-refractivity contribution in [3.8, 4) is 16.9 Å². The van der Waals surface area contributed by atoms with E-state index in [1.165, 1.54) is 12.1 Å². The second kappa shape index (κ2) is 13.4. The number of alkyl halides is 3. The van der Waals surface area contributed by atoms with E-state index in [1.807, 2.05) is 6.92 Å². The largest absolute Gasteiger partial charge is 0.569 e. The molecule has 18 heteroatoms. The average molecular weight is 655 g/mol. The molecule has 0 aliphatic carbocycles. The first kappa shape index (κ1) is 33.0. The van der Waals surface area contributed by atoms with Crippen LogP contribution in [0, 0.1) is 18.0 Å². The quantitative estimate of drug-likeness (QED) is 0.0830. The van der Waals surface area contributed by atoms with E-state index in [0.29, 0.717) is 5.56 Å². The van der Waals surface area contributed by atoms with Crippen LogP contribution in [0.15, 0.2) is 64.8 Å². The highest BCUT2D eigenvalue weighted by Gasteiger charge is 2.36. The van der Waals surface area contributed by atoms with E-state index >= 15 is 0 Å². The first-order valence-electron chi connectivity index (χ1n) is 13.4. The zero-order valence-corrected chi connectivity index (χ0v) is 25.0. The van der Waals surface area contributed by atoms with Gasteiger partial charge in [0.05, 0.1) is 33.7 Å². The molecule has 0 bridgehead atoms. The minimum Gasteiger partial charge on any atom is -0.569 e. The van der Waals surface area contributed by atoms with Crippen molar-refractivity contribution >= 4 is 22.1 Å². The number of sulfonamides is 1. The highest BCUT2D eigenvalue weighted by Crippen LogP contribution is 2.33. The van der Waals surface area contributed by atoms with Crippen molar-refractivity contribution in [2.45, 2.75) is 44.4 Å². The molecule has 0 saturated carbocycles. The Morgan fingerprint density at radius 3 is 2.44 bits per heavy atom. The Bertz CT molecular complexity index is 1660. The van der Waals surface area contributed by atoms with Crippen LogP contribution in [-0.2, 0) is 35.3 Å². The van der Waals surface area contributed by atoms with E-state index in [0.717, 1.165) is 33.5 Å². The predicted molar refractivity (Wildman–Crippen MR) is 148 cm³/mol. The van der Waals surface area contributed by atoms with Crippen molar-refractivity contribution < 1.29 is 50.5 Å². The Kier molecular flexibility index (Phi) is 9.84. The molecule has 3 aromatic rings. The highest BCUT2D eigenvalue weighted by atomic mass is 32.2. The van der Waals surface area contributed by atoms with Gasteiger partial charge in [0, 0.05) is 12.0 Å². The molecule has 14 nitrogen and oxygen atoms in total. The molecular weight excluding hydrogens is 625 g/mol. The minimum absolute atomic E-state index is 0.0876. The standard InChI is InChI=1S/C27H29F3N6O8S/c1-17(2)25(37)42-16-43-33-36(39)34-13-12-21(15-34)44-26(38)32-45(40,41)22-10-8-20(9-11-22)35-23(14-24(31-35)27(28,29)30)19-6-4-18(3)5-7-19/h4-11,14,17,21H,12-13,15-16H2,1-3H3,(H,32,38)/b36-33-. The van der Waals surface area contributed by atoms with Crippen LogP contribution in [0.25, 0.3) is 16.9 Å². The summed E-state index contributed by atoms with van der Waals surface area (Å²) in [5.74, 6) is -0.934. The number of aryl methyl sites for hydroxylation is 1. The van der Waals surface area contributed by atoms with Crippen LogP contribution in [-0.4, -0.2) is 66.2 Å². The number of halogens is 3. The fourth-order valence-corrected chi connectivity index (χ4v) is 4.97. The first-order chi connectivity index (χ1) is 21.1. The summed E-state index contributed by atoms with van der Waals surface area (Å²) in [4.78, 5) is 28.1. The molecule has 0 spiro atoms. The molecule has 1 N–H and O–H groups in total. The molecule has 2 heterocycles. The SMILES string of the molecule is Cc1ccc(-c2cc(C(F)(F)F)nn2-c2ccc(S(=O)(=O)NC(=O)OC3CCN(/[N+]([O-])=N/OCOC(=O)C(C)C)C3)cc2)cc1. The number of aromatic nitrogens is 2. The molecule has 2 aromatic carbocycles. The van der Waals surface area contributed by atoms with Gasteiger partial charge in [-0.25, -0.2) is 22.6 Å². The maximum absolute atomic E-state index is 13.5. The van der Waals surface area contributed by atoms with E-state index in [9.17, 15) is 36.4 Å². The summed E-state index contributed by atoms with van der Waals surface area (Å²) < 4.78 is 78.7. The zero-order valence-electron chi connectivity index (χ0n) is 24.2. The molecule has 1 unspecified atom stereocenters. The van der Waals surface area contributed by atoms with Gasteiger partial charge in [0.25, 0.3) is 16.8 Å². The molecule has 1 aliphatic heterocycles. The molecule has 4 rings (SSSR count). The Morgan fingerprint density at radius 2 is 1.82 bits per heavy atom.